The van der Waals surface area contributed by atoms with Crippen molar-refractivity contribution in [1.82, 2.24) is 0 Å². The molecular formula is C17H13Cl6NO5. The van der Waals surface area contributed by atoms with E-state index >= 15 is 0 Å². The van der Waals surface area contributed by atoms with Crippen molar-refractivity contribution >= 4 is 87.2 Å². The fraction of sp³-hybridized carbons (Fsp3) is 0.412. The Labute approximate surface area is 195 Å². The van der Waals surface area contributed by atoms with Gasteiger partial charge in [0, 0.05) is 6.07 Å². The van der Waals surface area contributed by atoms with Crippen molar-refractivity contribution in [2.45, 2.75) is 14.1 Å². The maximum absolute atomic E-state index is 13.2. The number of methoxy groups -OCH3 is 2. The van der Waals surface area contributed by atoms with Gasteiger partial charge in [0.2, 0.25) is 5.91 Å². The van der Waals surface area contributed by atoms with Crippen LogP contribution in [0.1, 0.15) is 0 Å². The largest absolute Gasteiger partial charge is 0.497 e. The van der Waals surface area contributed by atoms with Gasteiger partial charge in [0.15, 0.2) is 4.33 Å². The number of carboxylic acid groups (broad SMARTS) is 1. The molecule has 2 aliphatic rings. The second-order valence-electron chi connectivity index (χ2n) is 6.47. The number of nitrogens with one attached hydrogen (secondary N) is 1. The highest BCUT2D eigenvalue weighted by molar-refractivity contribution is 6.66. The van der Waals surface area contributed by atoms with Crippen molar-refractivity contribution in [2.24, 2.45) is 11.8 Å². The Bertz CT molecular complexity index is 937. The number of allylic oxidation sites excluding steroid dienone is 2. The van der Waals surface area contributed by atoms with E-state index in [1.54, 1.807) is 12.1 Å². The first-order valence-corrected chi connectivity index (χ1v) is 10.2. The zero-order valence-corrected chi connectivity index (χ0v) is 19.3. The van der Waals surface area contributed by atoms with Gasteiger partial charge in [-0.25, -0.2) is 0 Å². The molecule has 158 valence electrons. The molecule has 2 N–H and O–H groups in total. The third kappa shape index (κ3) is 2.83. The van der Waals surface area contributed by atoms with Gasteiger partial charge in [-0.15, -0.1) is 23.2 Å². The minimum atomic E-state index is -2.18. The lowest BCUT2D eigenvalue weighted by atomic mass is 9.81. The van der Waals surface area contributed by atoms with Crippen molar-refractivity contribution in [1.29, 1.82) is 0 Å². The van der Waals surface area contributed by atoms with Crippen molar-refractivity contribution < 1.29 is 24.2 Å². The summed E-state index contributed by atoms with van der Waals surface area (Å²) in [5.74, 6) is -4.81. The first-order chi connectivity index (χ1) is 13.4. The molecule has 12 heteroatoms. The summed E-state index contributed by atoms with van der Waals surface area (Å²) in [6.45, 7) is 0. The predicted octanol–water partition coefficient (Wildman–Crippen LogP) is 4.80. The third-order valence-corrected chi connectivity index (χ3v) is 9.41. The molecule has 1 amide bonds. The second kappa shape index (κ2) is 7.43. The number of hydrogen-bond acceptors (Lipinski definition) is 4. The quantitative estimate of drug-likeness (QED) is 0.541. The number of rotatable bonds is 5. The van der Waals surface area contributed by atoms with E-state index < -0.39 is 37.8 Å². The minimum Gasteiger partial charge on any atom is -0.497 e. The SMILES string of the molecule is COc1ccc(OC)c(NC(=O)[C@H]2[C@H](C(=O)O)[C@]3(Cl)C(Cl)=C(Cl)[C@]2(Cl)C3(Cl)Cl)c1. The Morgan fingerprint density at radius 3 is 2.03 bits per heavy atom. The molecule has 1 saturated carbocycles. The molecule has 0 aliphatic heterocycles. The molecule has 2 bridgehead atoms. The lowest BCUT2D eigenvalue weighted by Gasteiger charge is -2.33. The highest BCUT2D eigenvalue weighted by Gasteiger charge is 2.85. The van der Waals surface area contributed by atoms with Crippen LogP contribution in [0.4, 0.5) is 5.69 Å². The fourth-order valence-corrected chi connectivity index (χ4v) is 6.68. The summed E-state index contributed by atoms with van der Waals surface area (Å²) < 4.78 is 8.17. The average molecular weight is 524 g/mol. The van der Waals surface area contributed by atoms with E-state index in [9.17, 15) is 14.7 Å². The molecule has 0 radical (unpaired) electrons. The van der Waals surface area contributed by atoms with Gasteiger partial charge in [-0.1, -0.05) is 46.4 Å². The fourth-order valence-electron chi connectivity index (χ4n) is 3.75. The lowest BCUT2D eigenvalue weighted by molar-refractivity contribution is -0.146. The van der Waals surface area contributed by atoms with E-state index in [2.05, 4.69) is 5.32 Å². The van der Waals surface area contributed by atoms with Crippen LogP contribution >= 0.6 is 69.6 Å². The number of halogens is 6. The number of ether oxygens (including phenoxy) is 2. The summed E-state index contributed by atoms with van der Waals surface area (Å²) in [4.78, 5) is 21.1. The summed E-state index contributed by atoms with van der Waals surface area (Å²) in [5, 5.41) is 11.8. The predicted molar refractivity (Wildman–Crippen MR) is 113 cm³/mol. The van der Waals surface area contributed by atoms with Crippen LogP contribution in [0, 0.1) is 11.8 Å². The Kier molecular flexibility index (Phi) is 5.87. The van der Waals surface area contributed by atoms with E-state index in [0.29, 0.717) is 11.5 Å². The van der Waals surface area contributed by atoms with E-state index in [1.165, 1.54) is 20.3 Å². The lowest BCUT2D eigenvalue weighted by Crippen LogP contribution is -2.47. The highest BCUT2D eigenvalue weighted by atomic mass is 35.5. The number of carbonyl (C=O) groups is 2. The minimum absolute atomic E-state index is 0.202. The smallest absolute Gasteiger partial charge is 0.309 e. The average Bonchev–Trinajstić information content (AvgIpc) is 2.87. The molecule has 4 atom stereocenters. The molecule has 0 aromatic heterocycles. The van der Waals surface area contributed by atoms with E-state index in [-0.39, 0.29) is 15.8 Å². The van der Waals surface area contributed by atoms with Crippen molar-refractivity contribution in [2.75, 3.05) is 19.5 Å². The number of amides is 1. The molecule has 3 rings (SSSR count). The first kappa shape index (κ1) is 22.9. The topological polar surface area (TPSA) is 84.9 Å². The Balaban J connectivity index is 2.11. The molecule has 0 unspecified atom stereocenters. The van der Waals surface area contributed by atoms with Gasteiger partial charge in [-0.2, -0.15) is 0 Å². The van der Waals surface area contributed by atoms with E-state index in [4.69, 9.17) is 79.1 Å². The molecule has 1 fully saturated rings. The zero-order valence-electron chi connectivity index (χ0n) is 14.7. The molecule has 2 aliphatic carbocycles. The van der Waals surface area contributed by atoms with Crippen LogP contribution < -0.4 is 14.8 Å². The van der Waals surface area contributed by atoms with Gasteiger partial charge in [0.25, 0.3) is 0 Å². The number of hydrogen-bond donors (Lipinski definition) is 2. The van der Waals surface area contributed by atoms with Crippen LogP contribution in [0.25, 0.3) is 0 Å². The van der Waals surface area contributed by atoms with E-state index in [0.717, 1.165) is 0 Å². The summed E-state index contributed by atoms with van der Waals surface area (Å²) in [6, 6.07) is 4.65. The number of aliphatic carboxylic acids is 1. The Hall–Kier alpha value is -0.760. The number of alkyl halides is 4. The molecule has 1 aromatic rings. The Morgan fingerprint density at radius 2 is 1.55 bits per heavy atom. The summed E-state index contributed by atoms with van der Waals surface area (Å²) >= 11 is 38.3. The standard InChI is InChI=1S/C17H13Cl6NO5/c1-28-6-3-4-8(29-2)7(5-6)24-13(25)9-10(14(26)27)16(21)12(19)11(18)15(9,20)17(16,22)23/h3-5,9-10H,1-2H3,(H,24,25)(H,26,27)/t9-,10-,15+,16+/m1/s1. The molecule has 0 spiro atoms. The third-order valence-electron chi connectivity index (χ3n) is 5.15. The summed E-state index contributed by atoms with van der Waals surface area (Å²) in [7, 11) is 2.84. The van der Waals surface area contributed by atoms with Gasteiger partial charge in [-0.05, 0) is 12.1 Å². The van der Waals surface area contributed by atoms with Crippen LogP contribution in [0.5, 0.6) is 11.5 Å². The molecular weight excluding hydrogens is 511 g/mol. The van der Waals surface area contributed by atoms with Crippen molar-refractivity contribution in [3.8, 4) is 11.5 Å². The molecule has 6 nitrogen and oxygen atoms in total. The number of fused-ring (bicyclic) bond motifs is 2. The van der Waals surface area contributed by atoms with Crippen LogP contribution in [-0.4, -0.2) is 45.3 Å². The normalized spacial score (nSPS) is 32.3. The second-order valence-corrected chi connectivity index (χ2v) is 9.75. The van der Waals surface area contributed by atoms with Gasteiger partial charge in [0.05, 0.1) is 41.8 Å². The van der Waals surface area contributed by atoms with Gasteiger partial charge < -0.3 is 19.9 Å². The van der Waals surface area contributed by atoms with E-state index in [1.807, 2.05) is 0 Å². The van der Waals surface area contributed by atoms with Gasteiger partial charge >= 0.3 is 5.97 Å². The number of anilines is 1. The number of carbonyl (C=O) groups excluding carboxylic acids is 1. The maximum Gasteiger partial charge on any atom is 0.309 e. The molecule has 1 aromatic carbocycles. The molecule has 0 heterocycles. The van der Waals surface area contributed by atoms with Gasteiger partial charge in [-0.3, -0.25) is 9.59 Å². The van der Waals surface area contributed by atoms with Gasteiger partial charge in [0.1, 0.15) is 21.2 Å². The highest BCUT2D eigenvalue weighted by Crippen LogP contribution is 2.76. The maximum atomic E-state index is 13.2. The van der Waals surface area contributed by atoms with Crippen LogP contribution in [0.15, 0.2) is 28.3 Å². The van der Waals surface area contributed by atoms with Crippen LogP contribution in [0.3, 0.4) is 0 Å². The molecule has 0 saturated heterocycles. The van der Waals surface area contributed by atoms with Crippen molar-refractivity contribution in [3.63, 3.8) is 0 Å². The molecule has 29 heavy (non-hydrogen) atoms. The first-order valence-electron chi connectivity index (χ1n) is 7.97. The monoisotopic (exact) mass is 521 g/mol. The van der Waals surface area contributed by atoms with Crippen LogP contribution in [-0.2, 0) is 9.59 Å². The van der Waals surface area contributed by atoms with Crippen LogP contribution in [0.2, 0.25) is 0 Å². The number of carboxylic acids is 1. The van der Waals surface area contributed by atoms with Crippen molar-refractivity contribution in [3.05, 3.63) is 28.3 Å². The summed E-state index contributed by atoms with van der Waals surface area (Å²) in [5.41, 5.74) is 0.202. The summed E-state index contributed by atoms with van der Waals surface area (Å²) in [6.07, 6.45) is 0. The zero-order chi connectivity index (χ0) is 21.9. The Morgan fingerprint density at radius 1 is 1.00 bits per heavy atom. The number of benzene rings is 1.